The van der Waals surface area contributed by atoms with E-state index in [0.29, 0.717) is 12.7 Å². The predicted molar refractivity (Wildman–Crippen MR) is 78.2 cm³/mol. The zero-order valence-electron chi connectivity index (χ0n) is 12.3. The van der Waals surface area contributed by atoms with Crippen molar-refractivity contribution in [3.63, 3.8) is 0 Å². The molecule has 110 valence electrons. The molecule has 1 aliphatic heterocycles. The van der Waals surface area contributed by atoms with Crippen molar-refractivity contribution in [2.45, 2.75) is 32.3 Å². The van der Waals surface area contributed by atoms with Gasteiger partial charge in [-0.1, -0.05) is 39.5 Å². The van der Waals surface area contributed by atoms with Crippen LogP contribution in [0.4, 0.5) is 0 Å². The molecule has 1 heterocycles. The van der Waals surface area contributed by atoms with Gasteiger partial charge in [-0.2, -0.15) is 0 Å². The van der Waals surface area contributed by atoms with E-state index in [1.807, 2.05) is 12.1 Å². The Balaban J connectivity index is 0.000000347. The molecule has 0 radical (unpaired) electrons. The predicted octanol–water partition coefficient (Wildman–Crippen LogP) is 3.02. The van der Waals surface area contributed by atoms with Gasteiger partial charge in [-0.05, 0) is 23.1 Å². The number of ether oxygens (including phenoxy) is 2. The summed E-state index contributed by atoms with van der Waals surface area (Å²) >= 11 is 0. The first kappa shape index (κ1) is 16.2. The van der Waals surface area contributed by atoms with Crippen LogP contribution in [-0.4, -0.2) is 30.4 Å². The maximum atomic E-state index is 9.25. The van der Waals surface area contributed by atoms with Crippen LogP contribution in [0.15, 0.2) is 36.9 Å². The standard InChI is InChI=1S/C13H18O2.C3H4O2/c1-13(2,3)10-4-6-11(7-5-10)14-8-12-9-15-12;1-2-3(4)5/h4-7,12H,8-9H2,1-3H3;2H,1H2,(H,4,5). The molecule has 0 saturated carbocycles. The summed E-state index contributed by atoms with van der Waals surface area (Å²) in [6, 6.07) is 8.32. The van der Waals surface area contributed by atoms with Gasteiger partial charge in [0, 0.05) is 6.08 Å². The van der Waals surface area contributed by atoms with Crippen molar-refractivity contribution in [2.24, 2.45) is 0 Å². The van der Waals surface area contributed by atoms with Gasteiger partial charge in [0.05, 0.1) is 6.61 Å². The SMILES string of the molecule is C=CC(=O)O.CC(C)(C)c1ccc(OCC2CO2)cc1. The monoisotopic (exact) mass is 278 g/mol. The molecule has 1 unspecified atom stereocenters. The molecular formula is C16H22O4. The molecule has 1 aromatic rings. The van der Waals surface area contributed by atoms with Crippen molar-refractivity contribution >= 4 is 5.97 Å². The van der Waals surface area contributed by atoms with E-state index >= 15 is 0 Å². The zero-order chi connectivity index (χ0) is 15.2. The van der Waals surface area contributed by atoms with Crippen LogP contribution >= 0.6 is 0 Å². The second-order valence-electron chi connectivity index (χ2n) is 5.58. The molecule has 0 amide bonds. The fraction of sp³-hybridized carbons (Fsp3) is 0.438. The van der Waals surface area contributed by atoms with Crippen molar-refractivity contribution in [2.75, 3.05) is 13.2 Å². The lowest BCUT2D eigenvalue weighted by Gasteiger charge is -2.19. The Morgan fingerprint density at radius 2 is 1.95 bits per heavy atom. The van der Waals surface area contributed by atoms with E-state index in [1.54, 1.807) is 0 Å². The fourth-order valence-electron chi connectivity index (χ4n) is 1.40. The molecule has 1 saturated heterocycles. The minimum atomic E-state index is -0.981. The van der Waals surface area contributed by atoms with Crippen LogP contribution in [0.25, 0.3) is 0 Å². The van der Waals surface area contributed by atoms with Gasteiger partial charge in [0.15, 0.2) is 0 Å². The Bertz CT molecular complexity index is 439. The highest BCUT2D eigenvalue weighted by molar-refractivity contribution is 5.78. The Kier molecular flexibility index (Phi) is 5.77. The van der Waals surface area contributed by atoms with E-state index < -0.39 is 5.97 Å². The molecular weight excluding hydrogens is 256 g/mol. The number of benzene rings is 1. The first-order chi connectivity index (χ1) is 9.32. The number of epoxide rings is 1. The normalized spacial score (nSPS) is 16.6. The summed E-state index contributed by atoms with van der Waals surface area (Å²) in [6.45, 7) is 11.1. The van der Waals surface area contributed by atoms with Crippen LogP contribution in [0.1, 0.15) is 26.3 Å². The second kappa shape index (κ2) is 7.10. The van der Waals surface area contributed by atoms with E-state index in [-0.39, 0.29) is 5.41 Å². The number of carboxylic acid groups (broad SMARTS) is 1. The molecule has 0 aromatic heterocycles. The molecule has 0 spiro atoms. The van der Waals surface area contributed by atoms with Crippen molar-refractivity contribution < 1.29 is 19.4 Å². The van der Waals surface area contributed by atoms with Crippen molar-refractivity contribution in [3.05, 3.63) is 42.5 Å². The maximum Gasteiger partial charge on any atom is 0.327 e. The number of carbonyl (C=O) groups is 1. The van der Waals surface area contributed by atoms with E-state index in [0.717, 1.165) is 18.4 Å². The van der Waals surface area contributed by atoms with E-state index in [4.69, 9.17) is 14.6 Å². The first-order valence-corrected chi connectivity index (χ1v) is 6.53. The van der Waals surface area contributed by atoms with Gasteiger partial charge in [0.1, 0.15) is 18.5 Å². The Morgan fingerprint density at radius 3 is 2.30 bits per heavy atom. The highest BCUT2D eigenvalue weighted by Crippen LogP contribution is 2.24. The summed E-state index contributed by atoms with van der Waals surface area (Å²) in [7, 11) is 0. The van der Waals surface area contributed by atoms with Crippen molar-refractivity contribution in [1.29, 1.82) is 0 Å². The van der Waals surface area contributed by atoms with Gasteiger partial charge in [-0.25, -0.2) is 4.79 Å². The van der Waals surface area contributed by atoms with Crippen LogP contribution in [0.2, 0.25) is 0 Å². The number of aliphatic carboxylic acids is 1. The minimum Gasteiger partial charge on any atom is -0.491 e. The summed E-state index contributed by atoms with van der Waals surface area (Å²) < 4.78 is 10.7. The van der Waals surface area contributed by atoms with Gasteiger partial charge in [0.2, 0.25) is 0 Å². The van der Waals surface area contributed by atoms with Crippen LogP contribution in [0.3, 0.4) is 0 Å². The largest absolute Gasteiger partial charge is 0.491 e. The summed E-state index contributed by atoms with van der Waals surface area (Å²) in [5, 5.41) is 7.60. The molecule has 0 aliphatic carbocycles. The lowest BCUT2D eigenvalue weighted by Crippen LogP contribution is -2.11. The highest BCUT2D eigenvalue weighted by Gasteiger charge is 2.23. The topological polar surface area (TPSA) is 59.1 Å². The quantitative estimate of drug-likeness (QED) is 0.679. The lowest BCUT2D eigenvalue weighted by atomic mass is 9.87. The number of carboxylic acids is 1. The van der Waals surface area contributed by atoms with Crippen LogP contribution in [0, 0.1) is 0 Å². The molecule has 4 heteroatoms. The molecule has 20 heavy (non-hydrogen) atoms. The van der Waals surface area contributed by atoms with Gasteiger partial charge >= 0.3 is 5.97 Å². The second-order valence-corrected chi connectivity index (χ2v) is 5.58. The molecule has 1 aromatic carbocycles. The molecule has 1 fully saturated rings. The third-order valence-electron chi connectivity index (χ3n) is 2.73. The van der Waals surface area contributed by atoms with Crippen molar-refractivity contribution in [1.82, 2.24) is 0 Å². The van der Waals surface area contributed by atoms with Gasteiger partial charge in [0.25, 0.3) is 0 Å². The highest BCUT2D eigenvalue weighted by atomic mass is 16.6. The third kappa shape index (κ3) is 6.38. The van der Waals surface area contributed by atoms with Crippen LogP contribution in [0.5, 0.6) is 5.75 Å². The summed E-state index contributed by atoms with van der Waals surface area (Å²) in [6.07, 6.45) is 1.16. The Morgan fingerprint density at radius 1 is 1.45 bits per heavy atom. The average Bonchev–Trinajstić information content (AvgIpc) is 3.20. The summed E-state index contributed by atoms with van der Waals surface area (Å²) in [4.78, 5) is 9.25. The van der Waals surface area contributed by atoms with Crippen LogP contribution < -0.4 is 4.74 Å². The van der Waals surface area contributed by atoms with E-state index in [2.05, 4.69) is 39.5 Å². The zero-order valence-corrected chi connectivity index (χ0v) is 12.3. The summed E-state index contributed by atoms with van der Waals surface area (Å²) in [5.74, 6) is -0.0523. The molecule has 1 N–H and O–H groups in total. The average molecular weight is 278 g/mol. The van der Waals surface area contributed by atoms with Crippen molar-refractivity contribution in [3.8, 4) is 5.75 Å². The van der Waals surface area contributed by atoms with Gasteiger partial charge < -0.3 is 14.6 Å². The number of rotatable bonds is 4. The number of hydrogen-bond acceptors (Lipinski definition) is 3. The third-order valence-corrected chi connectivity index (χ3v) is 2.73. The smallest absolute Gasteiger partial charge is 0.327 e. The molecule has 2 rings (SSSR count). The molecule has 0 bridgehead atoms. The Labute approximate surface area is 120 Å². The molecule has 1 atom stereocenters. The first-order valence-electron chi connectivity index (χ1n) is 6.53. The van der Waals surface area contributed by atoms with E-state index in [1.165, 1.54) is 5.56 Å². The number of hydrogen-bond donors (Lipinski definition) is 1. The maximum absolute atomic E-state index is 9.25. The van der Waals surface area contributed by atoms with E-state index in [9.17, 15) is 4.79 Å². The lowest BCUT2D eigenvalue weighted by molar-refractivity contribution is -0.131. The Hall–Kier alpha value is -1.81. The summed E-state index contributed by atoms with van der Waals surface area (Å²) in [5.41, 5.74) is 1.54. The fourth-order valence-corrected chi connectivity index (χ4v) is 1.40. The van der Waals surface area contributed by atoms with Crippen LogP contribution in [-0.2, 0) is 14.9 Å². The molecule has 4 nitrogen and oxygen atoms in total. The minimum absolute atomic E-state index is 0.206. The van der Waals surface area contributed by atoms with Gasteiger partial charge in [-0.15, -0.1) is 0 Å². The molecule has 1 aliphatic rings. The van der Waals surface area contributed by atoms with Gasteiger partial charge in [-0.3, -0.25) is 0 Å².